The van der Waals surface area contributed by atoms with Gasteiger partial charge in [-0.05, 0) is 42.5 Å². The molecule has 5 heteroatoms. The number of rotatable bonds is 2. The van der Waals surface area contributed by atoms with Crippen molar-refractivity contribution in [2.24, 2.45) is 0 Å². The van der Waals surface area contributed by atoms with Gasteiger partial charge in [0.05, 0.1) is 16.9 Å². The lowest BCUT2D eigenvalue weighted by Gasteiger charge is -2.32. The van der Waals surface area contributed by atoms with Crippen LogP contribution in [0.3, 0.4) is 0 Å². The number of carboxylic acids is 1. The van der Waals surface area contributed by atoms with Crippen LogP contribution in [0.25, 0.3) is 0 Å². The first-order valence-corrected chi connectivity index (χ1v) is 7.09. The first-order chi connectivity index (χ1) is 9.65. The Hall–Kier alpha value is -2.01. The maximum absolute atomic E-state index is 10.9. The molecule has 1 heterocycles. The summed E-state index contributed by atoms with van der Waals surface area (Å²) in [4.78, 5) is 13.1. The number of aromatic carboxylic acids is 1. The van der Waals surface area contributed by atoms with Crippen LogP contribution in [0.1, 0.15) is 10.4 Å². The first kappa shape index (κ1) is 13.0. The van der Waals surface area contributed by atoms with Crippen molar-refractivity contribution in [3.05, 3.63) is 52.5 Å². The number of fused-ring (bicyclic) bond motifs is 1. The minimum atomic E-state index is -0.902. The molecule has 102 valence electrons. The van der Waals surface area contributed by atoms with Gasteiger partial charge in [-0.1, -0.05) is 15.9 Å². The van der Waals surface area contributed by atoms with Crippen LogP contribution in [0.2, 0.25) is 0 Å². The molecular formula is C15H13BrN2O2. The molecule has 0 atom stereocenters. The van der Waals surface area contributed by atoms with Gasteiger partial charge >= 0.3 is 5.97 Å². The summed E-state index contributed by atoms with van der Waals surface area (Å²) in [6.45, 7) is 1.70. The van der Waals surface area contributed by atoms with E-state index in [2.05, 4.69) is 32.2 Å². The van der Waals surface area contributed by atoms with Crippen molar-refractivity contribution >= 4 is 39.0 Å². The largest absolute Gasteiger partial charge is 0.478 e. The Kier molecular flexibility index (Phi) is 3.36. The Labute approximate surface area is 125 Å². The number of carboxylic acid groups (broad SMARTS) is 1. The second kappa shape index (κ2) is 5.17. The molecule has 0 saturated heterocycles. The molecule has 3 rings (SSSR count). The molecule has 0 bridgehead atoms. The summed E-state index contributed by atoms with van der Waals surface area (Å²) in [6, 6.07) is 13.1. The number of hydrogen-bond acceptors (Lipinski definition) is 3. The summed E-state index contributed by atoms with van der Waals surface area (Å²) >= 11 is 3.47. The lowest BCUT2D eigenvalue weighted by Crippen LogP contribution is -2.30. The van der Waals surface area contributed by atoms with E-state index in [9.17, 15) is 4.79 Å². The third kappa shape index (κ3) is 2.36. The maximum atomic E-state index is 10.9. The molecule has 4 nitrogen and oxygen atoms in total. The van der Waals surface area contributed by atoms with Crippen LogP contribution in [-0.4, -0.2) is 24.2 Å². The fraction of sp³-hybridized carbons (Fsp3) is 0.133. The zero-order chi connectivity index (χ0) is 14.1. The number of benzene rings is 2. The summed E-state index contributed by atoms with van der Waals surface area (Å²) in [5.74, 6) is -0.902. The van der Waals surface area contributed by atoms with Crippen molar-refractivity contribution in [3.8, 4) is 0 Å². The van der Waals surface area contributed by atoms with Crippen LogP contribution >= 0.6 is 15.9 Å². The van der Waals surface area contributed by atoms with Crippen LogP contribution in [0.5, 0.6) is 0 Å². The van der Waals surface area contributed by atoms with Gasteiger partial charge in [-0.3, -0.25) is 0 Å². The van der Waals surface area contributed by atoms with Gasteiger partial charge in [0, 0.05) is 23.2 Å². The molecule has 20 heavy (non-hydrogen) atoms. The number of anilines is 3. The van der Waals surface area contributed by atoms with E-state index in [1.807, 2.05) is 24.3 Å². The average Bonchev–Trinajstić information content (AvgIpc) is 2.46. The number of nitrogens with one attached hydrogen (secondary N) is 1. The van der Waals surface area contributed by atoms with Crippen LogP contribution < -0.4 is 10.2 Å². The molecule has 2 aromatic carbocycles. The molecule has 0 saturated carbocycles. The normalized spacial score (nSPS) is 13.6. The third-order valence-corrected chi connectivity index (χ3v) is 3.82. The Bertz CT molecular complexity index is 655. The Morgan fingerprint density at radius 3 is 2.65 bits per heavy atom. The van der Waals surface area contributed by atoms with Crippen molar-refractivity contribution < 1.29 is 9.90 Å². The number of halogens is 1. The van der Waals surface area contributed by atoms with Gasteiger partial charge < -0.3 is 15.3 Å². The van der Waals surface area contributed by atoms with Gasteiger partial charge in [-0.15, -0.1) is 0 Å². The molecule has 2 aromatic rings. The van der Waals surface area contributed by atoms with E-state index in [1.54, 1.807) is 12.1 Å². The van der Waals surface area contributed by atoms with E-state index in [1.165, 1.54) is 0 Å². The third-order valence-electron chi connectivity index (χ3n) is 3.33. The predicted molar refractivity (Wildman–Crippen MR) is 83.0 cm³/mol. The summed E-state index contributed by atoms with van der Waals surface area (Å²) in [5.41, 5.74) is 3.48. The highest BCUT2D eigenvalue weighted by atomic mass is 79.9. The highest BCUT2D eigenvalue weighted by Crippen LogP contribution is 2.36. The quantitative estimate of drug-likeness (QED) is 0.880. The summed E-state index contributed by atoms with van der Waals surface area (Å²) in [6.07, 6.45) is 0. The van der Waals surface area contributed by atoms with Gasteiger partial charge in [0.2, 0.25) is 0 Å². The fourth-order valence-electron chi connectivity index (χ4n) is 2.36. The molecular weight excluding hydrogens is 320 g/mol. The van der Waals surface area contributed by atoms with E-state index in [-0.39, 0.29) is 0 Å². The van der Waals surface area contributed by atoms with Crippen LogP contribution in [0, 0.1) is 0 Å². The second-order valence-corrected chi connectivity index (χ2v) is 5.51. The Morgan fingerprint density at radius 1 is 1.20 bits per heavy atom. The minimum absolute atomic E-state index is 0.305. The summed E-state index contributed by atoms with van der Waals surface area (Å²) < 4.78 is 1.03. The van der Waals surface area contributed by atoms with Gasteiger partial charge in [0.1, 0.15) is 0 Å². The molecule has 0 aromatic heterocycles. The molecule has 0 aliphatic carbocycles. The van der Waals surface area contributed by atoms with E-state index < -0.39 is 5.97 Å². The van der Waals surface area contributed by atoms with Gasteiger partial charge in [-0.25, -0.2) is 4.79 Å². The standard InChI is InChI=1S/C15H13BrN2O2/c16-11-3-6-14-13(9-11)17-7-8-18(14)12-4-1-10(2-5-12)15(19)20/h1-6,9,17H,7-8H2,(H,19,20). The highest BCUT2D eigenvalue weighted by Gasteiger charge is 2.18. The maximum Gasteiger partial charge on any atom is 0.335 e. The number of nitrogens with zero attached hydrogens (tertiary/aromatic N) is 1. The molecule has 0 amide bonds. The molecule has 1 aliphatic heterocycles. The summed E-state index contributed by atoms with van der Waals surface area (Å²) in [5, 5.41) is 12.3. The molecule has 0 spiro atoms. The first-order valence-electron chi connectivity index (χ1n) is 6.29. The zero-order valence-corrected chi connectivity index (χ0v) is 12.2. The van der Waals surface area contributed by atoms with Gasteiger partial charge in [-0.2, -0.15) is 0 Å². The second-order valence-electron chi connectivity index (χ2n) is 4.59. The van der Waals surface area contributed by atoms with Crippen molar-refractivity contribution in [1.82, 2.24) is 0 Å². The molecule has 2 N–H and O–H groups in total. The summed E-state index contributed by atoms with van der Waals surface area (Å²) in [7, 11) is 0. The van der Waals surface area contributed by atoms with Crippen LogP contribution in [0.15, 0.2) is 46.9 Å². The van der Waals surface area contributed by atoms with Crippen molar-refractivity contribution in [2.75, 3.05) is 23.3 Å². The van der Waals surface area contributed by atoms with Crippen molar-refractivity contribution in [2.45, 2.75) is 0 Å². The number of hydrogen-bond donors (Lipinski definition) is 2. The molecule has 0 fully saturated rings. The Morgan fingerprint density at radius 2 is 1.95 bits per heavy atom. The predicted octanol–water partition coefficient (Wildman–Crippen LogP) is 3.71. The SMILES string of the molecule is O=C(O)c1ccc(N2CCNc3cc(Br)ccc32)cc1. The molecule has 1 aliphatic rings. The lowest BCUT2D eigenvalue weighted by molar-refractivity contribution is 0.0697. The fourth-order valence-corrected chi connectivity index (χ4v) is 2.72. The van der Waals surface area contributed by atoms with Crippen LogP contribution in [0.4, 0.5) is 17.1 Å². The number of carbonyl (C=O) groups is 1. The van der Waals surface area contributed by atoms with Gasteiger partial charge in [0.25, 0.3) is 0 Å². The van der Waals surface area contributed by atoms with E-state index >= 15 is 0 Å². The smallest absolute Gasteiger partial charge is 0.335 e. The molecule has 0 unspecified atom stereocenters. The molecule has 0 radical (unpaired) electrons. The highest BCUT2D eigenvalue weighted by molar-refractivity contribution is 9.10. The van der Waals surface area contributed by atoms with E-state index in [0.717, 1.165) is 34.6 Å². The lowest BCUT2D eigenvalue weighted by atomic mass is 10.1. The van der Waals surface area contributed by atoms with Gasteiger partial charge in [0.15, 0.2) is 0 Å². The Balaban J connectivity index is 1.98. The van der Waals surface area contributed by atoms with E-state index in [4.69, 9.17) is 5.11 Å². The average molecular weight is 333 g/mol. The van der Waals surface area contributed by atoms with Crippen LogP contribution in [-0.2, 0) is 0 Å². The van der Waals surface area contributed by atoms with Crippen molar-refractivity contribution in [3.63, 3.8) is 0 Å². The minimum Gasteiger partial charge on any atom is -0.478 e. The topological polar surface area (TPSA) is 52.6 Å². The monoisotopic (exact) mass is 332 g/mol. The van der Waals surface area contributed by atoms with E-state index in [0.29, 0.717) is 5.56 Å². The zero-order valence-electron chi connectivity index (χ0n) is 10.6. The van der Waals surface area contributed by atoms with Crippen molar-refractivity contribution in [1.29, 1.82) is 0 Å².